The van der Waals surface area contributed by atoms with Gasteiger partial charge < -0.3 is 14.0 Å². The minimum Gasteiger partial charge on any atom is -0.460 e. The van der Waals surface area contributed by atoms with Gasteiger partial charge in [0, 0.05) is 4.91 Å². The summed E-state index contributed by atoms with van der Waals surface area (Å²) >= 11 is 0. The lowest BCUT2D eigenvalue weighted by molar-refractivity contribution is -0.199. The molecular weight excluding hydrogens is 321 g/mol. The minimum absolute atomic E-state index is 0.00990. The van der Waals surface area contributed by atoms with E-state index in [0.29, 0.717) is 11.8 Å². The molecule has 4 fully saturated rings. The Morgan fingerprint density at radius 2 is 2.08 bits per heavy atom. The van der Waals surface area contributed by atoms with Crippen molar-refractivity contribution in [2.75, 3.05) is 0 Å². The predicted molar refractivity (Wildman–Crippen MR) is 93.5 cm³/mol. The van der Waals surface area contributed by atoms with Crippen LogP contribution in [0.2, 0.25) is 0 Å². The first-order valence-corrected chi connectivity index (χ1v) is 9.06. The van der Waals surface area contributed by atoms with Crippen molar-refractivity contribution in [2.45, 2.75) is 84.1 Å². The molecule has 5 atom stereocenters. The second kappa shape index (κ2) is 5.90. The summed E-state index contributed by atoms with van der Waals surface area (Å²) in [6.07, 6.45) is 2.04. The van der Waals surface area contributed by atoms with Gasteiger partial charge in [0.25, 0.3) is 0 Å². The molecule has 0 spiro atoms. The molecule has 0 radical (unpaired) electrons. The number of esters is 1. The third-order valence-electron chi connectivity index (χ3n) is 6.28. The largest absolute Gasteiger partial charge is 0.467 e. The fraction of sp³-hybridized carbons (Fsp3) is 0.941. The SMILES string of the molecule is CC(C)(C)OC(=O)CC(N=[N+]=[N-])B1O[C@@H]2C[C@@H]3C[C@@H](C3(C)C)[C@]2(C)O1. The van der Waals surface area contributed by atoms with Gasteiger partial charge in [-0.15, -0.1) is 0 Å². The molecule has 4 aliphatic rings. The van der Waals surface area contributed by atoms with Crippen molar-refractivity contribution in [1.29, 1.82) is 0 Å². The zero-order valence-corrected chi connectivity index (χ0v) is 16.0. The first-order valence-electron chi connectivity index (χ1n) is 9.06. The molecule has 8 heteroatoms. The van der Waals surface area contributed by atoms with Crippen molar-refractivity contribution in [3.63, 3.8) is 0 Å². The molecule has 0 N–H and O–H groups in total. The lowest BCUT2D eigenvalue weighted by atomic mass is 9.43. The highest BCUT2D eigenvalue weighted by molar-refractivity contribution is 6.48. The Hall–Kier alpha value is -1.24. The number of rotatable bonds is 4. The highest BCUT2D eigenvalue weighted by Gasteiger charge is 2.68. The molecule has 1 heterocycles. The molecule has 0 aromatic carbocycles. The van der Waals surface area contributed by atoms with E-state index in [1.165, 1.54) is 0 Å². The summed E-state index contributed by atoms with van der Waals surface area (Å²) in [6, 6.07) is 0. The van der Waals surface area contributed by atoms with Crippen molar-refractivity contribution in [2.24, 2.45) is 22.4 Å². The summed E-state index contributed by atoms with van der Waals surface area (Å²) in [5.74, 6) is -0.0759. The Labute approximate surface area is 149 Å². The molecule has 1 unspecified atom stereocenters. The van der Waals surface area contributed by atoms with E-state index in [4.69, 9.17) is 19.6 Å². The van der Waals surface area contributed by atoms with Crippen LogP contribution in [0.5, 0.6) is 0 Å². The average Bonchev–Trinajstić information content (AvgIpc) is 2.81. The first kappa shape index (κ1) is 18.6. The molecule has 25 heavy (non-hydrogen) atoms. The molecule has 0 amide bonds. The van der Waals surface area contributed by atoms with Crippen LogP contribution in [0.25, 0.3) is 10.4 Å². The topological polar surface area (TPSA) is 93.5 Å². The van der Waals surface area contributed by atoms with E-state index in [0.717, 1.165) is 12.8 Å². The molecule has 4 rings (SSSR count). The van der Waals surface area contributed by atoms with Crippen LogP contribution in [-0.2, 0) is 18.8 Å². The number of hydrogen-bond acceptors (Lipinski definition) is 5. The van der Waals surface area contributed by atoms with Gasteiger partial charge in [0.05, 0.1) is 24.1 Å². The van der Waals surface area contributed by atoms with Gasteiger partial charge in [0.2, 0.25) is 0 Å². The maximum Gasteiger partial charge on any atom is 0.467 e. The summed E-state index contributed by atoms with van der Waals surface area (Å²) in [6.45, 7) is 12.1. The highest BCUT2D eigenvalue weighted by atomic mass is 16.7. The van der Waals surface area contributed by atoms with Gasteiger partial charge in [-0.1, -0.05) is 19.0 Å². The second-order valence-electron chi connectivity index (χ2n) is 9.40. The van der Waals surface area contributed by atoms with Crippen molar-refractivity contribution in [3.8, 4) is 0 Å². The quantitative estimate of drug-likeness (QED) is 0.254. The molecule has 7 nitrogen and oxygen atoms in total. The Bertz CT molecular complexity index is 614. The lowest BCUT2D eigenvalue weighted by Gasteiger charge is -2.64. The van der Waals surface area contributed by atoms with Crippen LogP contribution in [0.1, 0.15) is 60.8 Å². The Morgan fingerprint density at radius 1 is 1.40 bits per heavy atom. The molecule has 1 aliphatic heterocycles. The van der Waals surface area contributed by atoms with Gasteiger partial charge in [-0.25, -0.2) is 0 Å². The number of hydrogen-bond donors (Lipinski definition) is 0. The van der Waals surface area contributed by atoms with Gasteiger partial charge in [0.1, 0.15) is 5.60 Å². The van der Waals surface area contributed by atoms with E-state index in [2.05, 4.69) is 30.8 Å². The van der Waals surface area contributed by atoms with Crippen LogP contribution in [0.4, 0.5) is 0 Å². The predicted octanol–water partition coefficient (Wildman–Crippen LogP) is 3.66. The van der Waals surface area contributed by atoms with Crippen LogP contribution in [0, 0.1) is 17.3 Å². The summed E-state index contributed by atoms with van der Waals surface area (Å²) < 4.78 is 17.7. The molecule has 3 saturated carbocycles. The maximum atomic E-state index is 12.2. The van der Waals surface area contributed by atoms with E-state index < -0.39 is 24.6 Å². The molecule has 0 aromatic heterocycles. The lowest BCUT2D eigenvalue weighted by Crippen LogP contribution is -2.65. The van der Waals surface area contributed by atoms with E-state index in [1.54, 1.807) is 20.8 Å². The molecule has 1 saturated heterocycles. The molecule has 0 aromatic rings. The fourth-order valence-electron chi connectivity index (χ4n) is 4.88. The highest BCUT2D eigenvalue weighted by Crippen LogP contribution is 2.65. The van der Waals surface area contributed by atoms with E-state index >= 15 is 0 Å². The summed E-state index contributed by atoms with van der Waals surface area (Å²) in [7, 11) is -0.700. The van der Waals surface area contributed by atoms with Crippen LogP contribution >= 0.6 is 0 Å². The summed E-state index contributed by atoms with van der Waals surface area (Å²) in [5.41, 5.74) is 8.17. The van der Waals surface area contributed by atoms with E-state index in [-0.39, 0.29) is 23.5 Å². The Kier molecular flexibility index (Phi) is 4.38. The smallest absolute Gasteiger partial charge is 0.460 e. The minimum atomic E-state index is -0.720. The van der Waals surface area contributed by atoms with Crippen LogP contribution in [0.3, 0.4) is 0 Å². The first-order chi connectivity index (χ1) is 11.5. The second-order valence-corrected chi connectivity index (χ2v) is 9.40. The van der Waals surface area contributed by atoms with Crippen molar-refractivity contribution >= 4 is 13.1 Å². The average molecular weight is 349 g/mol. The summed E-state index contributed by atoms with van der Waals surface area (Å²) in [5, 5.41) is 3.77. The number of carbonyl (C=O) groups is 1. The van der Waals surface area contributed by atoms with Gasteiger partial charge in [-0.05, 0) is 63.3 Å². The normalized spacial score (nSPS) is 36.7. The van der Waals surface area contributed by atoms with Crippen LogP contribution in [0.15, 0.2) is 5.11 Å². The van der Waals surface area contributed by atoms with E-state index in [1.807, 2.05) is 0 Å². The number of ether oxygens (including phenoxy) is 1. The molecule has 3 aliphatic carbocycles. The van der Waals surface area contributed by atoms with Crippen molar-refractivity contribution in [1.82, 2.24) is 0 Å². The Morgan fingerprint density at radius 3 is 2.64 bits per heavy atom. The van der Waals surface area contributed by atoms with Crippen molar-refractivity contribution in [3.05, 3.63) is 10.4 Å². The van der Waals surface area contributed by atoms with Gasteiger partial charge in [0.15, 0.2) is 0 Å². The monoisotopic (exact) mass is 349 g/mol. The van der Waals surface area contributed by atoms with E-state index in [9.17, 15) is 4.79 Å². The molecule has 2 bridgehead atoms. The van der Waals surface area contributed by atoms with Crippen LogP contribution in [-0.4, -0.2) is 36.3 Å². The molecule has 138 valence electrons. The number of nitrogens with zero attached hydrogens (tertiary/aromatic N) is 3. The molecular formula is C17H28BN3O4. The Balaban J connectivity index is 1.72. The zero-order valence-electron chi connectivity index (χ0n) is 16.0. The summed E-state index contributed by atoms with van der Waals surface area (Å²) in [4.78, 5) is 15.0. The number of carbonyl (C=O) groups excluding carboxylic acids is 1. The standard InChI is InChI=1S/C17H28BN3O4/c1-15(2,3)23-14(22)9-13(20-21-19)18-24-12-8-10-7-11(16(10,4)5)17(12,6)25-18/h10-13H,7-9H2,1-6H3/t10-,11-,12+,13?,17-/m0/s1. The van der Waals surface area contributed by atoms with Crippen molar-refractivity contribution < 1.29 is 18.8 Å². The van der Waals surface area contributed by atoms with Gasteiger partial charge >= 0.3 is 13.1 Å². The maximum absolute atomic E-state index is 12.2. The number of azide groups is 1. The zero-order chi connectivity index (χ0) is 18.6. The third kappa shape index (κ3) is 3.16. The fourth-order valence-corrected chi connectivity index (χ4v) is 4.88. The van der Waals surface area contributed by atoms with Gasteiger partial charge in [-0.2, -0.15) is 0 Å². The third-order valence-corrected chi connectivity index (χ3v) is 6.28. The van der Waals surface area contributed by atoms with Crippen LogP contribution < -0.4 is 0 Å². The van der Waals surface area contributed by atoms with Gasteiger partial charge in [-0.3, -0.25) is 4.79 Å².